The van der Waals surface area contributed by atoms with E-state index >= 15 is 0 Å². The summed E-state index contributed by atoms with van der Waals surface area (Å²) in [5, 5.41) is 8.23. The smallest absolute Gasteiger partial charge is 0.0967 e. The summed E-state index contributed by atoms with van der Waals surface area (Å²) >= 11 is 0. The highest BCUT2D eigenvalue weighted by Crippen LogP contribution is 2.22. The largest absolute Gasteiger partial charge is 0.317 e. The number of likely N-dealkylation sites (N-methyl/N-ethyl adjacent to an activating group) is 2. The summed E-state index contributed by atoms with van der Waals surface area (Å²) in [6.45, 7) is 14.3. The zero-order valence-corrected chi connectivity index (χ0v) is 13.0. The molecule has 104 valence electrons. The minimum Gasteiger partial charge on any atom is -0.317 e. The second-order valence-corrected chi connectivity index (χ2v) is 5.22. The maximum Gasteiger partial charge on any atom is 0.0967 e. The SMILES string of the molecule is CCN(CC)N(C(C)C)C(C)(CNC)N(C)C. The highest BCUT2D eigenvalue weighted by molar-refractivity contribution is 4.86. The fourth-order valence-electron chi connectivity index (χ4n) is 2.49. The Morgan fingerprint density at radius 3 is 1.82 bits per heavy atom. The van der Waals surface area contributed by atoms with Crippen LogP contribution in [0.3, 0.4) is 0 Å². The van der Waals surface area contributed by atoms with Crippen LogP contribution in [-0.2, 0) is 0 Å². The van der Waals surface area contributed by atoms with E-state index in [9.17, 15) is 0 Å². The third-order valence-corrected chi connectivity index (χ3v) is 3.49. The van der Waals surface area contributed by atoms with E-state index in [1.807, 2.05) is 7.05 Å². The number of hydrazine groups is 1. The Morgan fingerprint density at radius 2 is 1.59 bits per heavy atom. The van der Waals surface area contributed by atoms with Gasteiger partial charge in [-0.3, -0.25) is 4.90 Å². The molecule has 0 aromatic heterocycles. The van der Waals surface area contributed by atoms with Crippen molar-refractivity contribution in [2.75, 3.05) is 40.8 Å². The molecule has 4 nitrogen and oxygen atoms in total. The lowest BCUT2D eigenvalue weighted by molar-refractivity contribution is -0.171. The van der Waals surface area contributed by atoms with E-state index in [-0.39, 0.29) is 5.66 Å². The Labute approximate surface area is 108 Å². The fourth-order valence-corrected chi connectivity index (χ4v) is 2.49. The van der Waals surface area contributed by atoms with Gasteiger partial charge in [0.25, 0.3) is 0 Å². The molecule has 17 heavy (non-hydrogen) atoms. The Morgan fingerprint density at radius 1 is 1.12 bits per heavy atom. The molecular formula is C13H32N4. The van der Waals surface area contributed by atoms with Crippen molar-refractivity contribution in [3.05, 3.63) is 0 Å². The summed E-state index contributed by atoms with van der Waals surface area (Å²) in [7, 11) is 6.31. The molecule has 0 spiro atoms. The Kier molecular flexibility index (Phi) is 7.24. The molecule has 4 heteroatoms. The lowest BCUT2D eigenvalue weighted by Gasteiger charge is -2.52. The van der Waals surface area contributed by atoms with Crippen molar-refractivity contribution in [1.82, 2.24) is 20.2 Å². The van der Waals surface area contributed by atoms with Gasteiger partial charge in [-0.25, -0.2) is 10.0 Å². The van der Waals surface area contributed by atoms with Crippen LogP contribution in [-0.4, -0.2) is 67.4 Å². The van der Waals surface area contributed by atoms with E-state index in [0.717, 1.165) is 19.6 Å². The first-order chi connectivity index (χ1) is 7.84. The molecule has 0 heterocycles. The van der Waals surface area contributed by atoms with Crippen molar-refractivity contribution in [2.24, 2.45) is 0 Å². The van der Waals surface area contributed by atoms with Crippen LogP contribution in [0.5, 0.6) is 0 Å². The van der Waals surface area contributed by atoms with E-state index in [4.69, 9.17) is 0 Å². The molecule has 0 fully saturated rings. The first-order valence-electron chi connectivity index (χ1n) is 6.71. The average Bonchev–Trinajstić information content (AvgIpc) is 2.24. The van der Waals surface area contributed by atoms with E-state index in [1.165, 1.54) is 0 Å². The van der Waals surface area contributed by atoms with E-state index in [1.54, 1.807) is 0 Å². The first kappa shape index (κ1) is 16.8. The van der Waals surface area contributed by atoms with Gasteiger partial charge in [0, 0.05) is 25.7 Å². The molecule has 0 aliphatic carbocycles. The molecule has 0 aliphatic rings. The quantitative estimate of drug-likeness (QED) is 0.515. The maximum absolute atomic E-state index is 3.32. The summed E-state index contributed by atoms with van der Waals surface area (Å²) in [5.74, 6) is 0. The predicted molar refractivity (Wildman–Crippen MR) is 75.9 cm³/mol. The van der Waals surface area contributed by atoms with Crippen molar-refractivity contribution < 1.29 is 0 Å². The van der Waals surface area contributed by atoms with Gasteiger partial charge in [0.15, 0.2) is 0 Å². The van der Waals surface area contributed by atoms with Gasteiger partial charge < -0.3 is 5.32 Å². The van der Waals surface area contributed by atoms with Gasteiger partial charge in [-0.15, -0.1) is 0 Å². The van der Waals surface area contributed by atoms with Crippen molar-refractivity contribution in [3.63, 3.8) is 0 Å². The molecule has 1 unspecified atom stereocenters. The van der Waals surface area contributed by atoms with Gasteiger partial charge in [0.2, 0.25) is 0 Å². The van der Waals surface area contributed by atoms with Crippen LogP contribution in [0.25, 0.3) is 0 Å². The molecule has 1 N–H and O–H groups in total. The number of nitrogens with one attached hydrogen (secondary N) is 1. The van der Waals surface area contributed by atoms with Crippen LogP contribution in [0.1, 0.15) is 34.6 Å². The number of hydrogen-bond donors (Lipinski definition) is 1. The Balaban J connectivity index is 5.22. The Bertz CT molecular complexity index is 202. The van der Waals surface area contributed by atoms with Crippen LogP contribution in [0.2, 0.25) is 0 Å². The standard InChI is InChI=1S/C13H32N4/c1-9-16(10-2)17(12(3)4)13(5,11-14-6)15(7)8/h12,14H,9-11H2,1-8H3. The fraction of sp³-hybridized carbons (Fsp3) is 1.00. The second kappa shape index (κ2) is 7.31. The Hall–Kier alpha value is -0.160. The summed E-state index contributed by atoms with van der Waals surface area (Å²) in [5.41, 5.74) is -0.00502. The van der Waals surface area contributed by atoms with Crippen LogP contribution < -0.4 is 5.32 Å². The van der Waals surface area contributed by atoms with Crippen molar-refractivity contribution >= 4 is 0 Å². The van der Waals surface area contributed by atoms with E-state index in [0.29, 0.717) is 6.04 Å². The highest BCUT2D eigenvalue weighted by atomic mass is 15.7. The minimum absolute atomic E-state index is 0.00502. The maximum atomic E-state index is 3.32. The number of nitrogens with zero attached hydrogens (tertiary/aromatic N) is 3. The van der Waals surface area contributed by atoms with Gasteiger partial charge in [-0.05, 0) is 41.9 Å². The third kappa shape index (κ3) is 3.91. The zero-order chi connectivity index (χ0) is 13.6. The molecule has 0 radical (unpaired) electrons. The summed E-state index contributed by atoms with van der Waals surface area (Å²) in [6, 6.07) is 0.482. The van der Waals surface area contributed by atoms with E-state index < -0.39 is 0 Å². The lowest BCUT2D eigenvalue weighted by atomic mass is 10.1. The molecule has 0 bridgehead atoms. The van der Waals surface area contributed by atoms with Gasteiger partial charge in [0.05, 0.1) is 5.66 Å². The normalized spacial score (nSPS) is 16.2. The average molecular weight is 244 g/mol. The lowest BCUT2D eigenvalue weighted by Crippen LogP contribution is -2.67. The van der Waals surface area contributed by atoms with Crippen molar-refractivity contribution in [3.8, 4) is 0 Å². The van der Waals surface area contributed by atoms with Crippen LogP contribution in [0, 0.1) is 0 Å². The molecular weight excluding hydrogens is 212 g/mol. The molecule has 1 atom stereocenters. The topological polar surface area (TPSA) is 21.8 Å². The minimum atomic E-state index is -0.00502. The predicted octanol–water partition coefficient (Wildman–Crippen LogP) is 1.45. The number of rotatable bonds is 8. The van der Waals surface area contributed by atoms with Crippen LogP contribution in [0.4, 0.5) is 0 Å². The van der Waals surface area contributed by atoms with Crippen LogP contribution >= 0.6 is 0 Å². The zero-order valence-electron chi connectivity index (χ0n) is 13.0. The first-order valence-corrected chi connectivity index (χ1v) is 6.71. The summed E-state index contributed by atoms with van der Waals surface area (Å²) < 4.78 is 0. The molecule has 0 aliphatic heterocycles. The second-order valence-electron chi connectivity index (χ2n) is 5.22. The molecule has 0 aromatic rings. The summed E-state index contributed by atoms with van der Waals surface area (Å²) in [4.78, 5) is 2.29. The van der Waals surface area contributed by atoms with E-state index in [2.05, 4.69) is 68.9 Å². The monoisotopic (exact) mass is 244 g/mol. The number of hydrogen-bond acceptors (Lipinski definition) is 4. The third-order valence-electron chi connectivity index (χ3n) is 3.49. The van der Waals surface area contributed by atoms with Gasteiger partial charge in [-0.1, -0.05) is 13.8 Å². The molecule has 0 rings (SSSR count). The van der Waals surface area contributed by atoms with Crippen molar-refractivity contribution in [1.29, 1.82) is 0 Å². The summed E-state index contributed by atoms with van der Waals surface area (Å²) in [6.07, 6.45) is 0. The highest BCUT2D eigenvalue weighted by Gasteiger charge is 2.37. The molecule has 0 aromatic carbocycles. The molecule has 0 amide bonds. The van der Waals surface area contributed by atoms with Gasteiger partial charge >= 0.3 is 0 Å². The van der Waals surface area contributed by atoms with Gasteiger partial charge in [-0.2, -0.15) is 0 Å². The molecule has 0 saturated heterocycles. The van der Waals surface area contributed by atoms with Crippen LogP contribution in [0.15, 0.2) is 0 Å². The molecule has 0 saturated carbocycles. The van der Waals surface area contributed by atoms with Crippen molar-refractivity contribution in [2.45, 2.75) is 46.3 Å². The van der Waals surface area contributed by atoms with Gasteiger partial charge in [0.1, 0.15) is 0 Å².